The van der Waals surface area contributed by atoms with Crippen LogP contribution in [0.5, 0.6) is 0 Å². The number of nitrogens with zero attached hydrogens (tertiary/aromatic N) is 1. The number of alkyl halides is 2. The summed E-state index contributed by atoms with van der Waals surface area (Å²) in [6, 6.07) is 0.724. The molecule has 0 aliphatic rings. The highest BCUT2D eigenvalue weighted by Gasteiger charge is 2.24. The lowest BCUT2D eigenvalue weighted by atomic mass is 10.3. The van der Waals surface area contributed by atoms with Crippen molar-refractivity contribution in [3.8, 4) is 0 Å². The maximum atomic E-state index is 12.4. The topological polar surface area (TPSA) is 73.1 Å². The van der Waals surface area contributed by atoms with Crippen molar-refractivity contribution in [2.24, 2.45) is 5.14 Å². The number of halogens is 4. The van der Waals surface area contributed by atoms with E-state index in [9.17, 15) is 17.2 Å². The molecule has 1 aromatic heterocycles. The van der Waals surface area contributed by atoms with Crippen molar-refractivity contribution in [2.45, 2.75) is 11.5 Å². The van der Waals surface area contributed by atoms with E-state index in [1.54, 1.807) is 0 Å². The van der Waals surface area contributed by atoms with Gasteiger partial charge in [0.1, 0.15) is 5.15 Å². The first kappa shape index (κ1) is 12.6. The second-order valence-electron chi connectivity index (χ2n) is 2.50. The molecule has 0 unspecified atom stereocenters. The zero-order valence-corrected chi connectivity index (χ0v) is 9.24. The van der Waals surface area contributed by atoms with Crippen LogP contribution in [0.4, 0.5) is 8.78 Å². The molecule has 1 aromatic rings. The first-order valence-electron chi connectivity index (χ1n) is 3.40. The standard InChI is InChI=1S/C6H4Cl2F2N2O2S/c7-3-1-2(5(9)10)6(12-4(3)8)15(11,13)14/h1,5H,(H2,11,13,14). The summed E-state index contributed by atoms with van der Waals surface area (Å²) in [5, 5.41) is 3.06. The van der Waals surface area contributed by atoms with Crippen LogP contribution in [0.1, 0.15) is 12.0 Å². The number of nitrogens with two attached hydrogens (primary N) is 1. The summed E-state index contributed by atoms with van der Waals surface area (Å²) in [6.07, 6.45) is -3.06. The summed E-state index contributed by atoms with van der Waals surface area (Å²) in [7, 11) is -4.35. The summed E-state index contributed by atoms with van der Waals surface area (Å²) in [4.78, 5) is 3.21. The minimum Gasteiger partial charge on any atom is -0.223 e. The van der Waals surface area contributed by atoms with Crippen LogP contribution in [0.2, 0.25) is 10.2 Å². The molecule has 15 heavy (non-hydrogen) atoms. The third-order valence-electron chi connectivity index (χ3n) is 1.43. The van der Waals surface area contributed by atoms with Crippen LogP contribution in [-0.2, 0) is 10.0 Å². The Labute approximate surface area is 94.1 Å². The van der Waals surface area contributed by atoms with Gasteiger partial charge in [-0.2, -0.15) is 0 Å². The fourth-order valence-corrected chi connectivity index (χ4v) is 1.89. The predicted octanol–water partition coefficient (Wildman–Crippen LogP) is 1.97. The highest BCUT2D eigenvalue weighted by Crippen LogP contribution is 2.30. The van der Waals surface area contributed by atoms with Gasteiger partial charge >= 0.3 is 0 Å². The van der Waals surface area contributed by atoms with Gasteiger partial charge in [0.2, 0.25) is 0 Å². The van der Waals surface area contributed by atoms with Crippen LogP contribution in [-0.4, -0.2) is 13.4 Å². The molecule has 0 amide bonds. The molecule has 1 heterocycles. The highest BCUT2D eigenvalue weighted by molar-refractivity contribution is 7.89. The van der Waals surface area contributed by atoms with Crippen molar-refractivity contribution in [3.63, 3.8) is 0 Å². The molecule has 0 saturated carbocycles. The van der Waals surface area contributed by atoms with Gasteiger partial charge in [0.05, 0.1) is 10.6 Å². The molecule has 0 fully saturated rings. The molecule has 4 nitrogen and oxygen atoms in total. The van der Waals surface area contributed by atoms with Gasteiger partial charge in [0.15, 0.2) is 5.03 Å². The number of pyridine rings is 1. The van der Waals surface area contributed by atoms with Gasteiger partial charge in [0, 0.05) is 0 Å². The van der Waals surface area contributed by atoms with E-state index in [0.717, 1.165) is 6.07 Å². The number of aromatic nitrogens is 1. The lowest BCUT2D eigenvalue weighted by Gasteiger charge is -2.07. The molecule has 0 aliphatic carbocycles. The Balaban J connectivity index is 3.56. The Hall–Kier alpha value is -0.500. The molecule has 84 valence electrons. The van der Waals surface area contributed by atoms with E-state index < -0.39 is 32.2 Å². The molecule has 0 aromatic carbocycles. The first-order chi connectivity index (χ1) is 6.73. The van der Waals surface area contributed by atoms with Crippen LogP contribution >= 0.6 is 23.2 Å². The molecule has 0 aliphatic heterocycles. The molecule has 0 saturated heterocycles. The van der Waals surface area contributed by atoms with Crippen molar-refractivity contribution in [3.05, 3.63) is 21.8 Å². The van der Waals surface area contributed by atoms with E-state index in [2.05, 4.69) is 10.1 Å². The molecule has 9 heteroatoms. The van der Waals surface area contributed by atoms with Crippen LogP contribution < -0.4 is 5.14 Å². The lowest BCUT2D eigenvalue weighted by Crippen LogP contribution is -2.17. The van der Waals surface area contributed by atoms with Gasteiger partial charge < -0.3 is 0 Å². The minimum atomic E-state index is -4.35. The van der Waals surface area contributed by atoms with Crippen molar-refractivity contribution >= 4 is 33.2 Å². The summed E-state index contributed by atoms with van der Waals surface area (Å²) in [5.74, 6) is 0. The lowest BCUT2D eigenvalue weighted by molar-refractivity contribution is 0.147. The maximum Gasteiger partial charge on any atom is 0.266 e. The molecule has 0 atom stereocenters. The van der Waals surface area contributed by atoms with Gasteiger partial charge in [-0.3, -0.25) is 0 Å². The van der Waals surface area contributed by atoms with Gasteiger partial charge in [-0.05, 0) is 6.07 Å². The normalized spacial score (nSPS) is 12.1. The van der Waals surface area contributed by atoms with Crippen LogP contribution in [0, 0.1) is 0 Å². The summed E-state index contributed by atoms with van der Waals surface area (Å²) >= 11 is 10.8. The van der Waals surface area contributed by atoms with E-state index in [1.807, 2.05) is 0 Å². The zero-order chi connectivity index (χ0) is 11.8. The van der Waals surface area contributed by atoms with Crippen molar-refractivity contribution in [1.29, 1.82) is 0 Å². The van der Waals surface area contributed by atoms with Crippen LogP contribution in [0.25, 0.3) is 0 Å². The monoisotopic (exact) mass is 276 g/mol. The smallest absolute Gasteiger partial charge is 0.223 e. The van der Waals surface area contributed by atoms with Gasteiger partial charge in [-0.1, -0.05) is 23.2 Å². The Bertz CT molecular complexity index is 492. The summed E-state index contributed by atoms with van der Waals surface area (Å²) in [5.41, 5.74) is -0.869. The molecule has 0 bridgehead atoms. The fraction of sp³-hybridized carbons (Fsp3) is 0.167. The quantitative estimate of drug-likeness (QED) is 0.840. The summed E-state index contributed by atoms with van der Waals surface area (Å²) < 4.78 is 46.6. The Morgan fingerprint density at radius 2 is 1.93 bits per heavy atom. The second kappa shape index (κ2) is 4.17. The van der Waals surface area contributed by atoms with Crippen molar-refractivity contribution in [2.75, 3.05) is 0 Å². The van der Waals surface area contributed by atoms with Gasteiger partial charge in [-0.25, -0.2) is 27.3 Å². The Morgan fingerprint density at radius 1 is 1.40 bits per heavy atom. The van der Waals surface area contributed by atoms with E-state index >= 15 is 0 Å². The Morgan fingerprint density at radius 3 is 2.33 bits per heavy atom. The van der Waals surface area contributed by atoms with Gasteiger partial charge in [0.25, 0.3) is 16.4 Å². The highest BCUT2D eigenvalue weighted by atomic mass is 35.5. The molecule has 1 rings (SSSR count). The molecule has 0 spiro atoms. The number of rotatable bonds is 2. The van der Waals surface area contributed by atoms with Crippen LogP contribution in [0.15, 0.2) is 11.1 Å². The third-order valence-corrected chi connectivity index (χ3v) is 2.97. The third kappa shape index (κ3) is 2.75. The largest absolute Gasteiger partial charge is 0.266 e. The van der Waals surface area contributed by atoms with Crippen molar-refractivity contribution < 1.29 is 17.2 Å². The first-order valence-corrected chi connectivity index (χ1v) is 5.70. The van der Waals surface area contributed by atoms with E-state index in [1.165, 1.54) is 0 Å². The summed E-state index contributed by atoms with van der Waals surface area (Å²) in [6.45, 7) is 0. The predicted molar refractivity (Wildman–Crippen MR) is 50.6 cm³/mol. The molecular formula is C6H4Cl2F2N2O2S. The minimum absolute atomic E-state index is 0.264. The van der Waals surface area contributed by atoms with E-state index in [-0.39, 0.29) is 5.02 Å². The molecule has 2 N–H and O–H groups in total. The Kier molecular flexibility index (Phi) is 3.49. The molecular weight excluding hydrogens is 273 g/mol. The number of hydrogen-bond acceptors (Lipinski definition) is 3. The number of hydrogen-bond donors (Lipinski definition) is 1. The number of sulfonamides is 1. The average Bonchev–Trinajstić information content (AvgIpc) is 2.06. The van der Waals surface area contributed by atoms with Gasteiger partial charge in [-0.15, -0.1) is 0 Å². The second-order valence-corrected chi connectivity index (χ2v) is 4.74. The SMILES string of the molecule is NS(=O)(=O)c1nc(Cl)c(Cl)cc1C(F)F. The maximum absolute atomic E-state index is 12.4. The number of primary sulfonamides is 1. The fourth-order valence-electron chi connectivity index (χ4n) is 0.849. The zero-order valence-electron chi connectivity index (χ0n) is 6.92. The van der Waals surface area contributed by atoms with E-state index in [0.29, 0.717) is 0 Å². The average molecular weight is 277 g/mol. The van der Waals surface area contributed by atoms with Crippen molar-refractivity contribution in [1.82, 2.24) is 4.98 Å². The molecule has 0 radical (unpaired) electrons. The van der Waals surface area contributed by atoms with E-state index in [4.69, 9.17) is 23.2 Å². The van der Waals surface area contributed by atoms with Crippen LogP contribution in [0.3, 0.4) is 0 Å².